The van der Waals surface area contributed by atoms with Crippen LogP contribution in [0.1, 0.15) is 44.6 Å². The van der Waals surface area contributed by atoms with Crippen molar-refractivity contribution in [1.82, 2.24) is 0 Å². The Labute approximate surface area is 121 Å². The van der Waals surface area contributed by atoms with Crippen LogP contribution >= 0.6 is 11.6 Å². The summed E-state index contributed by atoms with van der Waals surface area (Å²) in [5.41, 5.74) is 6.61. The molecule has 2 nitrogen and oxygen atoms in total. The van der Waals surface area contributed by atoms with E-state index in [1.54, 1.807) is 0 Å². The van der Waals surface area contributed by atoms with E-state index in [9.17, 15) is 4.79 Å². The molecular formula is C16H24ClNO. The normalized spacial score (nSPS) is 12.4. The predicted octanol–water partition coefficient (Wildman–Crippen LogP) is 4.00. The van der Waals surface area contributed by atoms with Gasteiger partial charge in [0.2, 0.25) is 0 Å². The number of carbonyl (C=O) groups excluding carboxylic acids is 1. The maximum atomic E-state index is 12.0. The molecule has 106 valence electrons. The topological polar surface area (TPSA) is 43.1 Å². The molecule has 0 amide bonds. The quantitative estimate of drug-likeness (QED) is 0.743. The molecular weight excluding hydrogens is 258 g/mol. The lowest BCUT2D eigenvalue weighted by atomic mass is 9.92. The molecule has 0 aliphatic heterocycles. The highest BCUT2D eigenvalue weighted by Crippen LogP contribution is 2.18. The highest BCUT2D eigenvalue weighted by Gasteiger charge is 2.10. The fraction of sp³-hybridized carbons (Fsp3) is 0.562. The molecule has 0 fully saturated rings. The van der Waals surface area contributed by atoms with Crippen LogP contribution in [0.3, 0.4) is 0 Å². The number of benzene rings is 1. The molecule has 0 aliphatic carbocycles. The van der Waals surface area contributed by atoms with Crippen molar-refractivity contribution >= 4 is 17.4 Å². The summed E-state index contributed by atoms with van der Waals surface area (Å²) in [6.45, 7) is 2.89. The first-order chi connectivity index (χ1) is 9.15. The zero-order chi connectivity index (χ0) is 14.1. The molecule has 0 radical (unpaired) electrons. The number of ketones is 1. The van der Waals surface area contributed by atoms with E-state index < -0.39 is 0 Å². The Balaban J connectivity index is 2.38. The van der Waals surface area contributed by atoms with Gasteiger partial charge in [-0.05, 0) is 43.0 Å². The fourth-order valence-electron chi connectivity index (χ4n) is 2.41. The van der Waals surface area contributed by atoms with Crippen LogP contribution in [0.15, 0.2) is 24.3 Å². The standard InChI is InChI=1S/C16H24ClNO/c1-2-4-13(9-10-18)7-8-16(19)12-14-5-3-6-15(17)11-14/h3,5-6,11,13H,2,4,7-10,12,18H2,1H3. The maximum Gasteiger partial charge on any atom is 0.137 e. The second-order valence-corrected chi connectivity index (χ2v) is 5.55. The van der Waals surface area contributed by atoms with E-state index in [4.69, 9.17) is 17.3 Å². The third kappa shape index (κ3) is 6.74. The van der Waals surface area contributed by atoms with E-state index in [0.29, 0.717) is 36.1 Å². The van der Waals surface area contributed by atoms with Crippen molar-refractivity contribution in [3.8, 4) is 0 Å². The van der Waals surface area contributed by atoms with Gasteiger partial charge in [0.1, 0.15) is 5.78 Å². The van der Waals surface area contributed by atoms with Crippen LogP contribution in [-0.4, -0.2) is 12.3 Å². The third-order valence-corrected chi connectivity index (χ3v) is 3.63. The molecule has 2 N–H and O–H groups in total. The Kier molecular flexibility index (Phi) is 7.76. The van der Waals surface area contributed by atoms with Crippen molar-refractivity contribution < 1.29 is 4.79 Å². The van der Waals surface area contributed by atoms with Crippen LogP contribution in [0.25, 0.3) is 0 Å². The fourth-order valence-corrected chi connectivity index (χ4v) is 2.62. The molecule has 1 atom stereocenters. The monoisotopic (exact) mass is 281 g/mol. The Bertz CT molecular complexity index is 386. The maximum absolute atomic E-state index is 12.0. The summed E-state index contributed by atoms with van der Waals surface area (Å²) >= 11 is 5.91. The Morgan fingerprint density at radius 1 is 1.32 bits per heavy atom. The van der Waals surface area contributed by atoms with E-state index in [0.717, 1.165) is 24.8 Å². The lowest BCUT2D eigenvalue weighted by Gasteiger charge is -2.14. The summed E-state index contributed by atoms with van der Waals surface area (Å²) in [5, 5.41) is 0.692. The summed E-state index contributed by atoms with van der Waals surface area (Å²) in [6.07, 6.45) is 5.46. The number of carbonyl (C=O) groups is 1. The summed E-state index contributed by atoms with van der Waals surface area (Å²) in [4.78, 5) is 12.0. The van der Waals surface area contributed by atoms with Gasteiger partial charge in [-0.2, -0.15) is 0 Å². The zero-order valence-electron chi connectivity index (χ0n) is 11.7. The molecule has 0 spiro atoms. The number of hydrogen-bond acceptors (Lipinski definition) is 2. The first kappa shape index (κ1) is 16.2. The molecule has 0 heterocycles. The highest BCUT2D eigenvalue weighted by atomic mass is 35.5. The van der Waals surface area contributed by atoms with Gasteiger partial charge in [-0.1, -0.05) is 43.5 Å². The van der Waals surface area contributed by atoms with E-state index in [1.165, 1.54) is 6.42 Å². The Morgan fingerprint density at radius 3 is 2.74 bits per heavy atom. The van der Waals surface area contributed by atoms with E-state index in [-0.39, 0.29) is 0 Å². The molecule has 1 unspecified atom stereocenters. The van der Waals surface area contributed by atoms with Crippen molar-refractivity contribution in [2.75, 3.05) is 6.54 Å². The second kappa shape index (κ2) is 9.11. The molecule has 0 saturated heterocycles. The van der Waals surface area contributed by atoms with Crippen LogP contribution in [0, 0.1) is 5.92 Å². The van der Waals surface area contributed by atoms with Gasteiger partial charge in [0.25, 0.3) is 0 Å². The Morgan fingerprint density at radius 2 is 2.11 bits per heavy atom. The van der Waals surface area contributed by atoms with Crippen molar-refractivity contribution in [2.24, 2.45) is 11.7 Å². The smallest absolute Gasteiger partial charge is 0.137 e. The molecule has 19 heavy (non-hydrogen) atoms. The van der Waals surface area contributed by atoms with E-state index in [2.05, 4.69) is 6.92 Å². The largest absolute Gasteiger partial charge is 0.330 e. The molecule has 1 aromatic rings. The molecule has 1 aromatic carbocycles. The van der Waals surface area contributed by atoms with Crippen LogP contribution in [0.4, 0.5) is 0 Å². The van der Waals surface area contributed by atoms with Crippen LogP contribution in [0.2, 0.25) is 5.02 Å². The first-order valence-corrected chi connectivity index (χ1v) is 7.49. The summed E-state index contributed by atoms with van der Waals surface area (Å²) in [6, 6.07) is 7.53. The number of nitrogens with two attached hydrogens (primary N) is 1. The van der Waals surface area contributed by atoms with E-state index in [1.807, 2.05) is 24.3 Å². The van der Waals surface area contributed by atoms with Crippen molar-refractivity contribution in [3.05, 3.63) is 34.9 Å². The number of halogens is 1. The molecule has 0 aromatic heterocycles. The average Bonchev–Trinajstić information content (AvgIpc) is 2.36. The summed E-state index contributed by atoms with van der Waals surface area (Å²) in [5.74, 6) is 0.888. The predicted molar refractivity (Wildman–Crippen MR) is 81.5 cm³/mol. The SMILES string of the molecule is CCCC(CCN)CCC(=O)Cc1cccc(Cl)c1. The minimum atomic E-state index is 0.292. The van der Waals surface area contributed by atoms with Gasteiger partial charge in [-0.25, -0.2) is 0 Å². The first-order valence-electron chi connectivity index (χ1n) is 7.12. The lowest BCUT2D eigenvalue weighted by Crippen LogP contribution is -2.11. The zero-order valence-corrected chi connectivity index (χ0v) is 12.5. The molecule has 1 rings (SSSR count). The third-order valence-electron chi connectivity index (χ3n) is 3.39. The van der Waals surface area contributed by atoms with Crippen LogP contribution in [0.5, 0.6) is 0 Å². The highest BCUT2D eigenvalue weighted by molar-refractivity contribution is 6.30. The molecule has 3 heteroatoms. The van der Waals surface area contributed by atoms with Gasteiger partial charge in [-0.3, -0.25) is 4.79 Å². The van der Waals surface area contributed by atoms with Gasteiger partial charge in [0, 0.05) is 17.9 Å². The lowest BCUT2D eigenvalue weighted by molar-refractivity contribution is -0.118. The van der Waals surface area contributed by atoms with Crippen molar-refractivity contribution in [3.63, 3.8) is 0 Å². The summed E-state index contributed by atoms with van der Waals surface area (Å²) in [7, 11) is 0. The molecule has 0 saturated carbocycles. The Hall–Kier alpha value is -0.860. The molecule has 0 aliphatic rings. The second-order valence-electron chi connectivity index (χ2n) is 5.12. The minimum absolute atomic E-state index is 0.292. The number of hydrogen-bond donors (Lipinski definition) is 1. The van der Waals surface area contributed by atoms with Gasteiger partial charge >= 0.3 is 0 Å². The number of Topliss-reactive ketones (excluding diaryl/α,β-unsaturated/α-hetero) is 1. The van der Waals surface area contributed by atoms with Gasteiger partial charge in [0.15, 0.2) is 0 Å². The van der Waals surface area contributed by atoms with Gasteiger partial charge in [-0.15, -0.1) is 0 Å². The van der Waals surface area contributed by atoms with Crippen LogP contribution < -0.4 is 5.73 Å². The van der Waals surface area contributed by atoms with Gasteiger partial charge < -0.3 is 5.73 Å². The average molecular weight is 282 g/mol. The van der Waals surface area contributed by atoms with Gasteiger partial charge in [0.05, 0.1) is 0 Å². The minimum Gasteiger partial charge on any atom is -0.330 e. The summed E-state index contributed by atoms with van der Waals surface area (Å²) < 4.78 is 0. The van der Waals surface area contributed by atoms with E-state index >= 15 is 0 Å². The van der Waals surface area contributed by atoms with Crippen molar-refractivity contribution in [1.29, 1.82) is 0 Å². The molecule has 0 bridgehead atoms. The van der Waals surface area contributed by atoms with Crippen LogP contribution in [-0.2, 0) is 11.2 Å². The number of rotatable bonds is 9. The van der Waals surface area contributed by atoms with Crippen molar-refractivity contribution in [2.45, 2.75) is 45.4 Å².